The number of ether oxygens (including phenoxy) is 2. The van der Waals surface area contributed by atoms with Crippen molar-refractivity contribution in [2.45, 2.75) is 24.0 Å². The highest BCUT2D eigenvalue weighted by Gasteiger charge is 2.35. The third-order valence-corrected chi connectivity index (χ3v) is 4.42. The molecule has 4 heteroatoms. The quantitative estimate of drug-likeness (QED) is 0.612. The summed E-state index contributed by atoms with van der Waals surface area (Å²) in [6.45, 7) is 4.25. The molecule has 0 radical (unpaired) electrons. The molecule has 1 aliphatic rings. The Labute approximate surface area is 97.3 Å². The molecule has 1 N–H and O–H groups in total. The van der Waals surface area contributed by atoms with Crippen LogP contribution in [0.25, 0.3) is 0 Å². The molecule has 0 atom stereocenters. The zero-order valence-corrected chi connectivity index (χ0v) is 10.7. The summed E-state index contributed by atoms with van der Waals surface area (Å²) in [4.78, 5) is 0. The van der Waals surface area contributed by atoms with Crippen molar-refractivity contribution in [3.63, 3.8) is 0 Å². The molecule has 1 aliphatic carbocycles. The van der Waals surface area contributed by atoms with Crippen molar-refractivity contribution in [3.05, 3.63) is 0 Å². The first-order valence-electron chi connectivity index (χ1n) is 5.65. The molecule has 1 rings (SSSR count). The SMILES string of the molecule is COCCOCCNCC1(SC)CCC1. The maximum absolute atomic E-state index is 5.38. The van der Waals surface area contributed by atoms with Crippen LogP contribution in [0.3, 0.4) is 0 Å². The first kappa shape index (κ1) is 13.3. The maximum atomic E-state index is 5.38. The van der Waals surface area contributed by atoms with Crippen LogP contribution in [-0.2, 0) is 9.47 Å². The normalized spacial score (nSPS) is 18.8. The largest absolute Gasteiger partial charge is 0.382 e. The van der Waals surface area contributed by atoms with Crippen molar-refractivity contribution < 1.29 is 9.47 Å². The highest BCUT2D eigenvalue weighted by atomic mass is 32.2. The summed E-state index contributed by atoms with van der Waals surface area (Å²) in [6, 6.07) is 0. The monoisotopic (exact) mass is 233 g/mol. The minimum absolute atomic E-state index is 0.534. The molecule has 0 heterocycles. The van der Waals surface area contributed by atoms with Crippen LogP contribution < -0.4 is 5.32 Å². The van der Waals surface area contributed by atoms with E-state index in [1.165, 1.54) is 19.3 Å². The van der Waals surface area contributed by atoms with Crippen LogP contribution in [0.1, 0.15) is 19.3 Å². The lowest BCUT2D eigenvalue weighted by Crippen LogP contribution is -2.44. The van der Waals surface area contributed by atoms with E-state index in [-0.39, 0.29) is 0 Å². The fourth-order valence-corrected chi connectivity index (χ4v) is 2.67. The Morgan fingerprint density at radius 2 is 2.07 bits per heavy atom. The van der Waals surface area contributed by atoms with Crippen molar-refractivity contribution in [1.29, 1.82) is 0 Å². The topological polar surface area (TPSA) is 30.5 Å². The van der Waals surface area contributed by atoms with E-state index in [0.717, 1.165) is 19.7 Å². The van der Waals surface area contributed by atoms with Gasteiger partial charge in [0.25, 0.3) is 0 Å². The molecule has 0 aromatic rings. The summed E-state index contributed by atoms with van der Waals surface area (Å²) in [7, 11) is 1.69. The molecule has 0 bridgehead atoms. The first-order chi connectivity index (χ1) is 7.33. The standard InChI is InChI=1S/C11H23NO2S/c1-13-8-9-14-7-6-12-10-11(15-2)4-3-5-11/h12H,3-10H2,1-2H3. The molecule has 0 aromatic heterocycles. The molecule has 0 amide bonds. The molecule has 0 spiro atoms. The van der Waals surface area contributed by atoms with Gasteiger partial charge in [0.2, 0.25) is 0 Å². The van der Waals surface area contributed by atoms with E-state index in [4.69, 9.17) is 9.47 Å². The summed E-state index contributed by atoms with van der Waals surface area (Å²) in [5.74, 6) is 0. The van der Waals surface area contributed by atoms with Gasteiger partial charge in [-0.05, 0) is 19.1 Å². The van der Waals surface area contributed by atoms with E-state index < -0.39 is 0 Å². The zero-order valence-electron chi connectivity index (χ0n) is 9.88. The second-order valence-corrected chi connectivity index (χ2v) is 5.30. The minimum Gasteiger partial charge on any atom is -0.382 e. The van der Waals surface area contributed by atoms with Gasteiger partial charge in [-0.2, -0.15) is 11.8 Å². The lowest BCUT2D eigenvalue weighted by atomic mass is 9.84. The Bertz CT molecular complexity index is 157. The molecule has 90 valence electrons. The van der Waals surface area contributed by atoms with Gasteiger partial charge in [0.15, 0.2) is 0 Å². The average molecular weight is 233 g/mol. The molecule has 0 aliphatic heterocycles. The van der Waals surface area contributed by atoms with Crippen molar-refractivity contribution in [2.24, 2.45) is 0 Å². The summed E-state index contributed by atoms with van der Waals surface area (Å²) in [6.07, 6.45) is 6.35. The molecule has 3 nitrogen and oxygen atoms in total. The van der Waals surface area contributed by atoms with Crippen LogP contribution in [0.4, 0.5) is 0 Å². The number of thioether (sulfide) groups is 1. The molecular weight excluding hydrogens is 210 g/mol. The first-order valence-corrected chi connectivity index (χ1v) is 6.88. The molecule has 0 aromatic carbocycles. The lowest BCUT2D eigenvalue weighted by molar-refractivity contribution is 0.0715. The third-order valence-electron chi connectivity index (χ3n) is 3.00. The molecule has 0 saturated heterocycles. The number of methoxy groups -OCH3 is 1. The fourth-order valence-electron chi connectivity index (χ4n) is 1.73. The van der Waals surface area contributed by atoms with E-state index in [0.29, 0.717) is 18.0 Å². The van der Waals surface area contributed by atoms with Crippen LogP contribution in [0.5, 0.6) is 0 Å². The molecule has 1 fully saturated rings. The molecular formula is C11H23NO2S. The van der Waals surface area contributed by atoms with Crippen molar-refractivity contribution >= 4 is 11.8 Å². The summed E-state index contributed by atoms with van der Waals surface area (Å²) >= 11 is 2.01. The minimum atomic E-state index is 0.534. The number of hydrogen-bond acceptors (Lipinski definition) is 4. The number of nitrogens with one attached hydrogen (secondary N) is 1. The third kappa shape index (κ3) is 4.72. The van der Waals surface area contributed by atoms with Gasteiger partial charge in [0.1, 0.15) is 0 Å². The van der Waals surface area contributed by atoms with Crippen LogP contribution in [-0.4, -0.2) is 51.0 Å². The predicted molar refractivity (Wildman–Crippen MR) is 65.7 cm³/mol. The highest BCUT2D eigenvalue weighted by Crippen LogP contribution is 2.41. The van der Waals surface area contributed by atoms with Crippen LogP contribution in [0.2, 0.25) is 0 Å². The van der Waals surface area contributed by atoms with Gasteiger partial charge in [-0.25, -0.2) is 0 Å². The maximum Gasteiger partial charge on any atom is 0.0700 e. The summed E-state index contributed by atoms with van der Waals surface area (Å²) in [5.41, 5.74) is 0. The molecule has 0 unspecified atom stereocenters. The van der Waals surface area contributed by atoms with Crippen molar-refractivity contribution in [2.75, 3.05) is 46.3 Å². The Morgan fingerprint density at radius 3 is 2.60 bits per heavy atom. The van der Waals surface area contributed by atoms with Gasteiger partial charge in [0, 0.05) is 24.9 Å². The van der Waals surface area contributed by atoms with E-state index in [9.17, 15) is 0 Å². The van der Waals surface area contributed by atoms with Gasteiger partial charge in [-0.3, -0.25) is 0 Å². The van der Waals surface area contributed by atoms with Crippen molar-refractivity contribution in [3.8, 4) is 0 Å². The van der Waals surface area contributed by atoms with E-state index >= 15 is 0 Å². The Kier molecular flexibility index (Phi) is 6.64. The van der Waals surface area contributed by atoms with Crippen LogP contribution >= 0.6 is 11.8 Å². The Hall–Kier alpha value is 0.230. The second-order valence-electron chi connectivity index (χ2n) is 4.02. The Morgan fingerprint density at radius 1 is 1.27 bits per heavy atom. The van der Waals surface area contributed by atoms with Gasteiger partial charge < -0.3 is 14.8 Å². The lowest BCUT2D eigenvalue weighted by Gasteiger charge is -2.40. The van der Waals surface area contributed by atoms with Crippen LogP contribution in [0, 0.1) is 0 Å². The smallest absolute Gasteiger partial charge is 0.0700 e. The fraction of sp³-hybridized carbons (Fsp3) is 1.00. The summed E-state index contributed by atoms with van der Waals surface area (Å²) < 4.78 is 10.8. The van der Waals surface area contributed by atoms with Gasteiger partial charge in [0.05, 0.1) is 19.8 Å². The van der Waals surface area contributed by atoms with Crippen LogP contribution in [0.15, 0.2) is 0 Å². The van der Waals surface area contributed by atoms with E-state index in [2.05, 4.69) is 11.6 Å². The van der Waals surface area contributed by atoms with Gasteiger partial charge >= 0.3 is 0 Å². The van der Waals surface area contributed by atoms with Gasteiger partial charge in [-0.1, -0.05) is 6.42 Å². The van der Waals surface area contributed by atoms with Crippen molar-refractivity contribution in [1.82, 2.24) is 5.32 Å². The molecule has 1 saturated carbocycles. The van der Waals surface area contributed by atoms with Gasteiger partial charge in [-0.15, -0.1) is 0 Å². The number of rotatable bonds is 9. The average Bonchev–Trinajstić information content (AvgIpc) is 2.20. The second kappa shape index (κ2) is 7.49. The predicted octanol–water partition coefficient (Wildman–Crippen LogP) is 1.52. The summed E-state index contributed by atoms with van der Waals surface area (Å²) in [5, 5.41) is 3.47. The van der Waals surface area contributed by atoms with E-state index in [1.54, 1.807) is 7.11 Å². The Balaban J connectivity index is 1.88. The molecule has 15 heavy (non-hydrogen) atoms. The van der Waals surface area contributed by atoms with E-state index in [1.807, 2.05) is 11.8 Å². The number of hydrogen-bond donors (Lipinski definition) is 1. The zero-order chi connectivity index (χ0) is 11.0. The highest BCUT2D eigenvalue weighted by molar-refractivity contribution is 8.00.